The highest BCUT2D eigenvalue weighted by molar-refractivity contribution is 8.00. The predicted octanol–water partition coefficient (Wildman–Crippen LogP) is 1.45. The van der Waals surface area contributed by atoms with Gasteiger partial charge in [-0.15, -0.1) is 0 Å². The molecule has 0 unspecified atom stereocenters. The summed E-state index contributed by atoms with van der Waals surface area (Å²) in [6.45, 7) is 0. The first-order valence-electron chi connectivity index (χ1n) is 4.79. The summed E-state index contributed by atoms with van der Waals surface area (Å²) in [6, 6.07) is 6.19. The molecule has 1 aliphatic heterocycles. The SMILES string of the molecule is O=C(O)C(=O)c1ccc(OC2CSC2)cc1. The average molecular weight is 238 g/mol. The van der Waals surface area contributed by atoms with E-state index < -0.39 is 11.8 Å². The summed E-state index contributed by atoms with van der Waals surface area (Å²) in [5.41, 5.74) is 0.169. The van der Waals surface area contributed by atoms with E-state index in [0.29, 0.717) is 5.75 Å². The van der Waals surface area contributed by atoms with Gasteiger partial charge in [0.05, 0.1) is 0 Å². The number of carbonyl (C=O) groups excluding carboxylic acids is 1. The Hall–Kier alpha value is -1.49. The van der Waals surface area contributed by atoms with Crippen LogP contribution < -0.4 is 4.74 Å². The molecule has 1 saturated heterocycles. The van der Waals surface area contributed by atoms with Crippen LogP contribution in [0.3, 0.4) is 0 Å². The van der Waals surface area contributed by atoms with Crippen LogP contribution in [-0.2, 0) is 4.79 Å². The maximum absolute atomic E-state index is 11.1. The number of benzene rings is 1. The number of aliphatic carboxylic acids is 1. The summed E-state index contributed by atoms with van der Waals surface area (Å²) in [6.07, 6.45) is 0.242. The van der Waals surface area contributed by atoms with E-state index in [9.17, 15) is 9.59 Å². The van der Waals surface area contributed by atoms with E-state index in [4.69, 9.17) is 9.84 Å². The van der Waals surface area contributed by atoms with Crippen LogP contribution in [0, 0.1) is 0 Å². The van der Waals surface area contributed by atoms with Gasteiger partial charge in [0.25, 0.3) is 5.78 Å². The van der Waals surface area contributed by atoms with Crippen molar-refractivity contribution in [2.24, 2.45) is 0 Å². The van der Waals surface area contributed by atoms with Gasteiger partial charge in [-0.25, -0.2) is 4.79 Å². The Labute approximate surface area is 96.6 Å². The van der Waals surface area contributed by atoms with Crippen LogP contribution >= 0.6 is 11.8 Å². The highest BCUT2D eigenvalue weighted by Crippen LogP contribution is 2.24. The van der Waals surface area contributed by atoms with E-state index in [2.05, 4.69) is 0 Å². The van der Waals surface area contributed by atoms with E-state index in [-0.39, 0.29) is 11.7 Å². The van der Waals surface area contributed by atoms with E-state index in [0.717, 1.165) is 11.5 Å². The van der Waals surface area contributed by atoms with Crippen molar-refractivity contribution in [3.8, 4) is 5.75 Å². The molecule has 16 heavy (non-hydrogen) atoms. The van der Waals surface area contributed by atoms with Gasteiger partial charge < -0.3 is 9.84 Å². The van der Waals surface area contributed by atoms with Crippen LogP contribution in [0.5, 0.6) is 5.75 Å². The first kappa shape index (κ1) is 11.0. The molecule has 0 aromatic heterocycles. The first-order chi connectivity index (χ1) is 7.66. The maximum Gasteiger partial charge on any atom is 0.377 e. The second-order valence-electron chi connectivity index (χ2n) is 3.44. The number of hydrogen-bond donors (Lipinski definition) is 1. The molecule has 2 rings (SSSR count). The Morgan fingerprint density at radius 3 is 2.31 bits per heavy atom. The zero-order chi connectivity index (χ0) is 11.5. The van der Waals surface area contributed by atoms with Crippen molar-refractivity contribution >= 4 is 23.5 Å². The Bertz CT molecular complexity index is 408. The molecule has 1 aromatic carbocycles. The number of rotatable bonds is 4. The van der Waals surface area contributed by atoms with Crippen LogP contribution in [-0.4, -0.2) is 34.5 Å². The summed E-state index contributed by atoms with van der Waals surface area (Å²) < 4.78 is 5.57. The fourth-order valence-corrected chi connectivity index (χ4v) is 1.85. The van der Waals surface area contributed by atoms with Gasteiger partial charge in [0, 0.05) is 17.1 Å². The van der Waals surface area contributed by atoms with E-state index >= 15 is 0 Å². The summed E-state index contributed by atoms with van der Waals surface area (Å²) in [4.78, 5) is 21.5. The first-order valence-corrected chi connectivity index (χ1v) is 5.94. The van der Waals surface area contributed by atoms with Crippen LogP contribution in [0.2, 0.25) is 0 Å². The molecule has 1 aromatic rings. The lowest BCUT2D eigenvalue weighted by molar-refractivity contribution is -0.131. The third kappa shape index (κ3) is 2.36. The van der Waals surface area contributed by atoms with Gasteiger partial charge in [0.15, 0.2) is 0 Å². The standard InChI is InChI=1S/C11H10O4S/c12-10(11(13)14)7-1-3-8(4-2-7)15-9-5-16-6-9/h1-4,9H,5-6H2,(H,13,14). The lowest BCUT2D eigenvalue weighted by atomic mass is 10.1. The summed E-state index contributed by atoms with van der Waals surface area (Å²) in [5.74, 6) is 0.299. The Kier molecular flexibility index (Phi) is 3.14. The highest BCUT2D eigenvalue weighted by atomic mass is 32.2. The molecular weight excluding hydrogens is 228 g/mol. The number of carboxylic acid groups (broad SMARTS) is 1. The molecule has 0 radical (unpaired) electrons. The Morgan fingerprint density at radius 2 is 1.88 bits per heavy atom. The van der Waals surface area contributed by atoms with Gasteiger partial charge in [0.1, 0.15) is 11.9 Å². The van der Waals surface area contributed by atoms with Gasteiger partial charge in [-0.3, -0.25) is 4.79 Å². The molecule has 1 fully saturated rings. The largest absolute Gasteiger partial charge is 0.489 e. The van der Waals surface area contributed by atoms with Crippen LogP contribution in [0.25, 0.3) is 0 Å². The van der Waals surface area contributed by atoms with Gasteiger partial charge in [-0.1, -0.05) is 0 Å². The number of Topliss-reactive ketones (excluding diaryl/α,β-unsaturated/α-hetero) is 1. The number of carbonyl (C=O) groups is 2. The topological polar surface area (TPSA) is 63.6 Å². The van der Waals surface area contributed by atoms with E-state index in [1.54, 1.807) is 12.1 Å². The number of hydrogen-bond acceptors (Lipinski definition) is 4. The molecule has 0 aliphatic carbocycles. The minimum Gasteiger partial charge on any atom is -0.489 e. The van der Waals surface area contributed by atoms with Crippen molar-refractivity contribution in [3.63, 3.8) is 0 Å². The lowest BCUT2D eigenvalue weighted by Gasteiger charge is -2.25. The summed E-state index contributed by atoms with van der Waals surface area (Å²) in [7, 11) is 0. The molecule has 0 atom stereocenters. The Morgan fingerprint density at radius 1 is 1.25 bits per heavy atom. The number of ether oxygens (including phenoxy) is 1. The fraction of sp³-hybridized carbons (Fsp3) is 0.273. The van der Waals surface area contributed by atoms with Gasteiger partial charge in [-0.05, 0) is 24.3 Å². The predicted molar refractivity (Wildman–Crippen MR) is 60.1 cm³/mol. The molecule has 0 amide bonds. The molecule has 84 valence electrons. The minimum atomic E-state index is -1.44. The van der Waals surface area contributed by atoms with E-state index in [1.165, 1.54) is 12.1 Å². The minimum absolute atomic E-state index is 0.169. The van der Waals surface area contributed by atoms with Crippen LogP contribution in [0.15, 0.2) is 24.3 Å². The van der Waals surface area contributed by atoms with Gasteiger partial charge in [0.2, 0.25) is 0 Å². The molecular formula is C11H10O4S. The molecule has 0 bridgehead atoms. The van der Waals surface area contributed by atoms with E-state index in [1.807, 2.05) is 11.8 Å². The van der Waals surface area contributed by atoms with Gasteiger partial charge >= 0.3 is 5.97 Å². The second kappa shape index (κ2) is 4.57. The molecule has 0 saturated carbocycles. The van der Waals surface area contributed by atoms with Crippen molar-refractivity contribution in [2.45, 2.75) is 6.10 Å². The highest BCUT2D eigenvalue weighted by Gasteiger charge is 2.20. The van der Waals surface area contributed by atoms with Crippen molar-refractivity contribution in [1.29, 1.82) is 0 Å². The number of thioether (sulfide) groups is 1. The average Bonchev–Trinajstić information content (AvgIpc) is 2.23. The third-order valence-corrected chi connectivity index (χ3v) is 3.44. The molecule has 5 heteroatoms. The normalized spacial score (nSPS) is 15.2. The third-order valence-electron chi connectivity index (χ3n) is 2.22. The summed E-state index contributed by atoms with van der Waals surface area (Å²) in [5, 5.41) is 8.51. The molecule has 0 spiro atoms. The van der Waals surface area contributed by atoms with Crippen molar-refractivity contribution < 1.29 is 19.4 Å². The van der Waals surface area contributed by atoms with Crippen molar-refractivity contribution in [2.75, 3.05) is 11.5 Å². The Balaban J connectivity index is 2.03. The fourth-order valence-electron chi connectivity index (χ4n) is 1.28. The van der Waals surface area contributed by atoms with Crippen molar-refractivity contribution in [3.05, 3.63) is 29.8 Å². The summed E-state index contributed by atoms with van der Waals surface area (Å²) >= 11 is 1.82. The van der Waals surface area contributed by atoms with Crippen molar-refractivity contribution in [1.82, 2.24) is 0 Å². The smallest absolute Gasteiger partial charge is 0.377 e. The van der Waals surface area contributed by atoms with Gasteiger partial charge in [-0.2, -0.15) is 11.8 Å². The molecule has 1 N–H and O–H groups in total. The zero-order valence-electron chi connectivity index (χ0n) is 8.38. The molecule has 1 aliphatic rings. The zero-order valence-corrected chi connectivity index (χ0v) is 9.20. The van der Waals surface area contributed by atoms with Crippen LogP contribution in [0.1, 0.15) is 10.4 Å². The molecule has 1 heterocycles. The molecule has 4 nitrogen and oxygen atoms in total. The van der Waals surface area contributed by atoms with Crippen LogP contribution in [0.4, 0.5) is 0 Å². The quantitative estimate of drug-likeness (QED) is 0.635. The second-order valence-corrected chi connectivity index (χ2v) is 4.51. The maximum atomic E-state index is 11.1. The monoisotopic (exact) mass is 238 g/mol. The number of carboxylic acids is 1. The lowest BCUT2D eigenvalue weighted by Crippen LogP contribution is -2.31. The number of ketones is 1.